The van der Waals surface area contributed by atoms with Gasteiger partial charge in [-0.05, 0) is 75.3 Å². The van der Waals surface area contributed by atoms with Gasteiger partial charge >= 0.3 is 0 Å². The maximum absolute atomic E-state index is 10.7. The second-order valence-corrected chi connectivity index (χ2v) is 9.12. The zero-order chi connectivity index (χ0) is 20.3. The highest BCUT2D eigenvalue weighted by Crippen LogP contribution is 2.45. The first-order valence-electron chi connectivity index (χ1n) is 11.0. The maximum Gasteiger partial charge on any atom is 0.154 e. The molecule has 1 atom stereocenters. The second kappa shape index (κ2) is 6.67. The van der Waals surface area contributed by atoms with Gasteiger partial charge in [-0.25, -0.2) is 0 Å². The molecule has 4 aliphatic rings. The summed E-state index contributed by atoms with van der Waals surface area (Å²) in [5.41, 5.74) is 6.17. The smallest absolute Gasteiger partial charge is 0.154 e. The highest BCUT2D eigenvalue weighted by atomic mass is 16.6. The Kier molecular flexibility index (Phi) is 4.03. The number of piperidine rings is 1. The minimum atomic E-state index is 0.220. The van der Waals surface area contributed by atoms with E-state index in [9.17, 15) is 5.11 Å². The van der Waals surface area contributed by atoms with E-state index in [4.69, 9.17) is 4.84 Å². The van der Waals surface area contributed by atoms with E-state index >= 15 is 0 Å². The Hall–Kier alpha value is -2.67. The van der Waals surface area contributed by atoms with Gasteiger partial charge in [0.25, 0.3) is 0 Å². The van der Waals surface area contributed by atoms with Gasteiger partial charge in [0.15, 0.2) is 5.82 Å². The molecule has 1 spiro atoms. The summed E-state index contributed by atoms with van der Waals surface area (Å²) < 4.78 is 0. The monoisotopic (exact) mass is 405 g/mol. The number of benzene rings is 1. The van der Waals surface area contributed by atoms with E-state index in [2.05, 4.69) is 31.6 Å². The van der Waals surface area contributed by atoms with Crippen molar-refractivity contribution in [2.24, 2.45) is 5.16 Å². The van der Waals surface area contributed by atoms with Gasteiger partial charge in [0, 0.05) is 34.8 Å². The number of hydrogen-bond acceptors (Lipinski definition) is 7. The summed E-state index contributed by atoms with van der Waals surface area (Å²) in [4.78, 5) is 7.42. The molecule has 1 saturated carbocycles. The second-order valence-electron chi connectivity index (χ2n) is 9.12. The average molecular weight is 406 g/mol. The van der Waals surface area contributed by atoms with Crippen molar-refractivity contribution in [1.29, 1.82) is 0 Å². The molecule has 6 rings (SSSR count). The SMILES string of the molecule is CO/N=C1/CCc2cc(-c3cc4c(nn3)N([C@H]3CCNC5(CC5)C3)CC4)c(O)cc21. The third kappa shape index (κ3) is 2.87. The summed E-state index contributed by atoms with van der Waals surface area (Å²) in [6.45, 7) is 2.11. The largest absolute Gasteiger partial charge is 0.507 e. The lowest BCUT2D eigenvalue weighted by Crippen LogP contribution is -2.49. The van der Waals surface area contributed by atoms with Crippen molar-refractivity contribution in [1.82, 2.24) is 15.5 Å². The third-order valence-corrected chi connectivity index (χ3v) is 7.28. The molecule has 7 nitrogen and oxygen atoms in total. The van der Waals surface area contributed by atoms with Crippen LogP contribution in [0.5, 0.6) is 5.75 Å². The van der Waals surface area contributed by atoms with Crippen LogP contribution in [0.2, 0.25) is 0 Å². The number of aromatic hydroxyl groups is 1. The van der Waals surface area contributed by atoms with Gasteiger partial charge in [0.2, 0.25) is 0 Å². The molecule has 1 saturated heterocycles. The van der Waals surface area contributed by atoms with Gasteiger partial charge in [0.1, 0.15) is 12.9 Å². The summed E-state index contributed by atoms with van der Waals surface area (Å²) >= 11 is 0. The number of rotatable bonds is 3. The molecule has 0 unspecified atom stereocenters. The fourth-order valence-electron chi connectivity index (χ4n) is 5.52. The molecule has 30 heavy (non-hydrogen) atoms. The van der Waals surface area contributed by atoms with Crippen LogP contribution in [0, 0.1) is 0 Å². The molecule has 1 aromatic heterocycles. The number of anilines is 1. The first kappa shape index (κ1) is 18.1. The number of fused-ring (bicyclic) bond motifs is 2. The van der Waals surface area contributed by atoms with E-state index in [1.165, 1.54) is 36.8 Å². The lowest BCUT2D eigenvalue weighted by Gasteiger charge is -2.37. The first-order valence-corrected chi connectivity index (χ1v) is 11.0. The number of aromatic nitrogens is 2. The van der Waals surface area contributed by atoms with Crippen LogP contribution < -0.4 is 10.2 Å². The van der Waals surface area contributed by atoms with Crippen LogP contribution in [0.15, 0.2) is 23.4 Å². The zero-order valence-corrected chi connectivity index (χ0v) is 17.3. The van der Waals surface area contributed by atoms with Crippen LogP contribution in [-0.4, -0.2) is 52.8 Å². The van der Waals surface area contributed by atoms with Crippen molar-refractivity contribution in [3.05, 3.63) is 34.9 Å². The van der Waals surface area contributed by atoms with Crippen molar-refractivity contribution in [2.45, 2.75) is 56.5 Å². The highest BCUT2D eigenvalue weighted by Gasteiger charge is 2.47. The topological polar surface area (TPSA) is 82.9 Å². The van der Waals surface area contributed by atoms with Crippen LogP contribution in [0.4, 0.5) is 5.82 Å². The summed E-state index contributed by atoms with van der Waals surface area (Å²) in [5, 5.41) is 27.7. The van der Waals surface area contributed by atoms with Gasteiger partial charge in [-0.3, -0.25) is 0 Å². The summed E-state index contributed by atoms with van der Waals surface area (Å²) in [6, 6.07) is 6.51. The molecule has 2 fully saturated rings. The molecule has 1 aromatic carbocycles. The number of nitrogens with zero attached hydrogens (tertiary/aromatic N) is 4. The molecule has 2 aliphatic carbocycles. The normalized spacial score (nSPS) is 24.9. The van der Waals surface area contributed by atoms with Gasteiger partial charge in [-0.1, -0.05) is 5.16 Å². The Labute approximate surface area is 176 Å². The van der Waals surface area contributed by atoms with Crippen LogP contribution in [-0.2, 0) is 17.7 Å². The van der Waals surface area contributed by atoms with Gasteiger partial charge < -0.3 is 20.2 Å². The molecule has 7 heteroatoms. The van der Waals surface area contributed by atoms with Crippen molar-refractivity contribution in [3.8, 4) is 17.0 Å². The summed E-state index contributed by atoms with van der Waals surface area (Å²) in [5.74, 6) is 1.26. The minimum Gasteiger partial charge on any atom is -0.507 e. The van der Waals surface area contributed by atoms with E-state index < -0.39 is 0 Å². The Balaban J connectivity index is 1.30. The predicted molar refractivity (Wildman–Crippen MR) is 115 cm³/mol. The van der Waals surface area contributed by atoms with E-state index in [1.807, 2.05) is 6.07 Å². The van der Waals surface area contributed by atoms with Crippen LogP contribution in [0.25, 0.3) is 11.3 Å². The third-order valence-electron chi connectivity index (χ3n) is 7.28. The molecule has 3 heterocycles. The van der Waals surface area contributed by atoms with Crippen LogP contribution in [0.1, 0.15) is 48.8 Å². The average Bonchev–Trinajstić information content (AvgIpc) is 3.19. The Bertz CT molecular complexity index is 1050. The number of aryl methyl sites for hydroxylation is 1. The van der Waals surface area contributed by atoms with Crippen LogP contribution in [0.3, 0.4) is 0 Å². The number of phenols is 1. The maximum atomic E-state index is 10.7. The molecule has 0 amide bonds. The van der Waals surface area contributed by atoms with Gasteiger partial charge in [-0.2, -0.15) is 0 Å². The lowest BCUT2D eigenvalue weighted by atomic mass is 9.96. The van der Waals surface area contributed by atoms with Crippen molar-refractivity contribution in [2.75, 3.05) is 25.1 Å². The number of phenolic OH excluding ortho intramolecular Hbond substituents is 1. The summed E-state index contributed by atoms with van der Waals surface area (Å²) in [6.07, 6.45) is 7.72. The Morgan fingerprint density at radius 3 is 2.87 bits per heavy atom. The highest BCUT2D eigenvalue weighted by molar-refractivity contribution is 6.05. The molecule has 156 valence electrons. The quantitative estimate of drug-likeness (QED) is 0.764. The Morgan fingerprint density at radius 2 is 2.03 bits per heavy atom. The van der Waals surface area contributed by atoms with Gasteiger partial charge in [-0.15, -0.1) is 10.2 Å². The van der Waals surface area contributed by atoms with Crippen LogP contribution >= 0.6 is 0 Å². The molecule has 0 bridgehead atoms. The van der Waals surface area contributed by atoms with E-state index in [1.54, 1.807) is 13.2 Å². The Morgan fingerprint density at radius 1 is 1.13 bits per heavy atom. The lowest BCUT2D eigenvalue weighted by molar-refractivity contribution is 0.213. The summed E-state index contributed by atoms with van der Waals surface area (Å²) in [7, 11) is 1.55. The fraction of sp³-hybridized carbons (Fsp3) is 0.522. The van der Waals surface area contributed by atoms with E-state index in [-0.39, 0.29) is 5.75 Å². The molecule has 2 N–H and O–H groups in total. The van der Waals surface area contributed by atoms with Crippen molar-refractivity contribution >= 4 is 11.5 Å². The molecule has 2 aliphatic heterocycles. The molecular formula is C23H27N5O2. The molecule has 2 aromatic rings. The van der Waals surface area contributed by atoms with Crippen molar-refractivity contribution in [3.63, 3.8) is 0 Å². The van der Waals surface area contributed by atoms with Gasteiger partial charge in [0.05, 0.1) is 11.4 Å². The number of nitrogens with one attached hydrogen (secondary N) is 1. The number of oxime groups is 1. The first-order chi connectivity index (χ1) is 14.7. The minimum absolute atomic E-state index is 0.220. The van der Waals surface area contributed by atoms with E-state index in [0.717, 1.165) is 60.7 Å². The standard InChI is InChI=1S/C23H27N5O2/c1-30-27-19-3-2-14-10-18(21(29)12-17(14)19)20-11-15-5-9-28(22(15)26-25-20)16-4-8-24-23(13-16)6-7-23/h10-12,16,24,29H,2-9,13H2,1H3/b27-19-/t16-/m0/s1. The fourth-order valence-corrected chi connectivity index (χ4v) is 5.52. The molecular weight excluding hydrogens is 378 g/mol. The van der Waals surface area contributed by atoms with Crippen molar-refractivity contribution < 1.29 is 9.94 Å². The zero-order valence-electron chi connectivity index (χ0n) is 17.3. The predicted octanol–water partition coefficient (Wildman–Crippen LogP) is 2.79. The van der Waals surface area contributed by atoms with E-state index in [0.29, 0.717) is 11.6 Å². The molecule has 0 radical (unpaired) electrons. The number of hydrogen-bond donors (Lipinski definition) is 2.